The van der Waals surface area contributed by atoms with Crippen molar-refractivity contribution >= 4 is 39.1 Å². The lowest BCUT2D eigenvalue weighted by atomic mass is 10.2. The van der Waals surface area contributed by atoms with Crippen LogP contribution in [0.3, 0.4) is 0 Å². The third kappa shape index (κ3) is 4.00. The van der Waals surface area contributed by atoms with E-state index in [1.54, 1.807) is 18.2 Å². The monoisotopic (exact) mass is 412 g/mol. The highest BCUT2D eigenvalue weighted by molar-refractivity contribution is 9.10. The number of anilines is 2. The van der Waals surface area contributed by atoms with Gasteiger partial charge in [0.15, 0.2) is 5.69 Å². The van der Waals surface area contributed by atoms with Crippen LogP contribution in [0.5, 0.6) is 0 Å². The summed E-state index contributed by atoms with van der Waals surface area (Å²) in [6, 6.07) is 13.0. The van der Waals surface area contributed by atoms with E-state index in [0.717, 1.165) is 15.6 Å². The van der Waals surface area contributed by atoms with E-state index in [2.05, 4.69) is 36.5 Å². The molecule has 3 rings (SSSR count). The number of aromatic nitrogens is 2. The molecule has 2 aromatic carbocycles. The van der Waals surface area contributed by atoms with E-state index in [0.29, 0.717) is 11.4 Å². The van der Waals surface area contributed by atoms with Gasteiger partial charge in [-0.1, -0.05) is 39.7 Å². The fourth-order valence-corrected chi connectivity index (χ4v) is 2.74. The summed E-state index contributed by atoms with van der Waals surface area (Å²) in [6.45, 7) is 3.85. The second kappa shape index (κ2) is 7.53. The number of nitrogens with one attached hydrogen (secondary N) is 3. The first-order valence-electron chi connectivity index (χ1n) is 7.93. The van der Waals surface area contributed by atoms with Crippen molar-refractivity contribution in [3.63, 3.8) is 0 Å². The molecule has 0 unspecified atom stereocenters. The summed E-state index contributed by atoms with van der Waals surface area (Å²) in [5.74, 6) is -0.885. The van der Waals surface area contributed by atoms with Crippen molar-refractivity contribution < 1.29 is 9.59 Å². The van der Waals surface area contributed by atoms with Crippen molar-refractivity contribution in [2.24, 2.45) is 0 Å². The lowest BCUT2D eigenvalue weighted by molar-refractivity contribution is 0.0985. The minimum absolute atomic E-state index is 0.0377. The molecule has 0 radical (unpaired) electrons. The molecular weight excluding hydrogens is 396 g/mol. The number of rotatable bonds is 4. The second-order valence-electron chi connectivity index (χ2n) is 5.86. The van der Waals surface area contributed by atoms with Crippen LogP contribution < -0.4 is 10.6 Å². The van der Waals surface area contributed by atoms with Crippen LogP contribution in [-0.2, 0) is 0 Å². The number of benzene rings is 2. The summed E-state index contributed by atoms with van der Waals surface area (Å²) in [5.41, 5.74) is 3.44. The Hall–Kier alpha value is -2.93. The molecule has 1 aromatic heterocycles. The molecule has 1 heterocycles. The highest BCUT2D eigenvalue weighted by Crippen LogP contribution is 2.21. The maximum atomic E-state index is 12.6. The lowest BCUT2D eigenvalue weighted by Gasteiger charge is -2.09. The van der Waals surface area contributed by atoms with Gasteiger partial charge >= 0.3 is 0 Å². The molecular formula is C19H17BrN4O2. The maximum absolute atomic E-state index is 12.6. The van der Waals surface area contributed by atoms with Crippen molar-refractivity contribution in [3.05, 3.63) is 75.8 Å². The number of hydrogen-bond donors (Lipinski definition) is 3. The molecule has 0 aliphatic carbocycles. The summed E-state index contributed by atoms with van der Waals surface area (Å²) in [4.78, 5) is 31.8. The molecule has 3 N–H and O–H groups in total. The molecule has 0 saturated carbocycles. The largest absolute Gasteiger partial charge is 0.340 e. The number of carbonyl (C=O) groups excluding carboxylic acids is 2. The summed E-state index contributed by atoms with van der Waals surface area (Å²) in [5, 5.41) is 5.54. The number of aromatic amines is 1. The van der Waals surface area contributed by atoms with Gasteiger partial charge in [-0.05, 0) is 43.7 Å². The number of imidazole rings is 1. The van der Waals surface area contributed by atoms with Crippen LogP contribution in [0.2, 0.25) is 0 Å². The molecule has 0 fully saturated rings. The van der Waals surface area contributed by atoms with E-state index in [1.165, 1.54) is 6.33 Å². The molecule has 0 atom stereocenters. The van der Waals surface area contributed by atoms with Gasteiger partial charge in [-0.15, -0.1) is 0 Å². The Balaban J connectivity index is 1.79. The Morgan fingerprint density at radius 1 is 1.00 bits per heavy atom. The quantitative estimate of drug-likeness (QED) is 0.596. The first kappa shape index (κ1) is 17.9. The zero-order valence-corrected chi connectivity index (χ0v) is 15.8. The minimum Gasteiger partial charge on any atom is -0.340 e. The first-order chi connectivity index (χ1) is 12.4. The molecule has 0 spiro atoms. The Bertz CT molecular complexity index is 964. The number of amides is 2. The van der Waals surface area contributed by atoms with Gasteiger partial charge in [0.1, 0.15) is 5.69 Å². The third-order valence-electron chi connectivity index (χ3n) is 3.84. The summed E-state index contributed by atoms with van der Waals surface area (Å²) >= 11 is 3.38. The molecule has 0 saturated heterocycles. The average molecular weight is 413 g/mol. The van der Waals surface area contributed by atoms with E-state index in [9.17, 15) is 9.59 Å². The van der Waals surface area contributed by atoms with Crippen molar-refractivity contribution in [1.29, 1.82) is 0 Å². The third-order valence-corrected chi connectivity index (χ3v) is 4.33. The van der Waals surface area contributed by atoms with Gasteiger partial charge in [-0.25, -0.2) is 4.98 Å². The van der Waals surface area contributed by atoms with Crippen LogP contribution in [0.25, 0.3) is 0 Å². The maximum Gasteiger partial charge on any atom is 0.276 e. The molecule has 26 heavy (non-hydrogen) atoms. The topological polar surface area (TPSA) is 86.9 Å². The van der Waals surface area contributed by atoms with E-state index in [4.69, 9.17) is 0 Å². The molecule has 7 heteroatoms. The van der Waals surface area contributed by atoms with Crippen molar-refractivity contribution in [3.8, 4) is 0 Å². The van der Waals surface area contributed by atoms with Crippen LogP contribution in [0, 0.1) is 13.8 Å². The SMILES string of the molecule is Cc1ccc(NC(=O)c2nc[nH]c2C(=O)Nc2cc(Br)ccc2C)cc1. The van der Waals surface area contributed by atoms with Gasteiger partial charge in [0.2, 0.25) is 0 Å². The zero-order valence-electron chi connectivity index (χ0n) is 14.3. The van der Waals surface area contributed by atoms with Gasteiger partial charge in [-0.2, -0.15) is 0 Å². The fraction of sp³-hybridized carbons (Fsp3) is 0.105. The van der Waals surface area contributed by atoms with E-state index >= 15 is 0 Å². The molecule has 0 bridgehead atoms. The fourth-order valence-electron chi connectivity index (χ4n) is 2.38. The number of hydrogen-bond acceptors (Lipinski definition) is 3. The predicted octanol–water partition coefficient (Wildman–Crippen LogP) is 4.29. The van der Waals surface area contributed by atoms with E-state index in [1.807, 2.05) is 38.1 Å². The Labute approximate surface area is 159 Å². The molecule has 6 nitrogen and oxygen atoms in total. The van der Waals surface area contributed by atoms with Crippen LogP contribution in [-0.4, -0.2) is 21.8 Å². The smallest absolute Gasteiger partial charge is 0.276 e. The second-order valence-corrected chi connectivity index (χ2v) is 6.78. The Kier molecular flexibility index (Phi) is 5.18. The average Bonchev–Trinajstić information content (AvgIpc) is 3.10. The molecule has 0 aliphatic heterocycles. The van der Waals surface area contributed by atoms with E-state index in [-0.39, 0.29) is 11.4 Å². The standard InChI is InChI=1S/C19H17BrN4O2/c1-11-3-7-14(8-4-11)23-18(25)16-17(22-10-21-16)19(26)24-15-9-13(20)6-5-12(15)2/h3-10H,1-2H3,(H,21,22)(H,23,25)(H,24,26). The number of aryl methyl sites for hydroxylation is 2. The number of carbonyl (C=O) groups is 2. The zero-order chi connectivity index (χ0) is 18.7. The summed E-state index contributed by atoms with van der Waals surface area (Å²) in [7, 11) is 0. The van der Waals surface area contributed by atoms with Gasteiger partial charge in [0, 0.05) is 15.8 Å². The molecule has 3 aromatic rings. The predicted molar refractivity (Wildman–Crippen MR) is 105 cm³/mol. The van der Waals surface area contributed by atoms with Gasteiger partial charge in [0.05, 0.1) is 6.33 Å². The Morgan fingerprint density at radius 3 is 2.46 bits per heavy atom. The minimum atomic E-state index is -0.453. The van der Waals surface area contributed by atoms with Crippen molar-refractivity contribution in [2.45, 2.75) is 13.8 Å². The van der Waals surface area contributed by atoms with Gasteiger partial charge in [-0.3, -0.25) is 9.59 Å². The number of halogens is 1. The number of H-pyrrole nitrogens is 1. The van der Waals surface area contributed by atoms with Crippen molar-refractivity contribution in [1.82, 2.24) is 9.97 Å². The number of nitrogens with zero attached hydrogens (tertiary/aromatic N) is 1. The van der Waals surface area contributed by atoms with Crippen LogP contribution in [0.1, 0.15) is 32.1 Å². The molecule has 0 aliphatic rings. The highest BCUT2D eigenvalue weighted by atomic mass is 79.9. The van der Waals surface area contributed by atoms with E-state index < -0.39 is 11.8 Å². The van der Waals surface area contributed by atoms with Gasteiger partial charge < -0.3 is 15.6 Å². The highest BCUT2D eigenvalue weighted by Gasteiger charge is 2.21. The van der Waals surface area contributed by atoms with Crippen molar-refractivity contribution in [2.75, 3.05) is 10.6 Å². The lowest BCUT2D eigenvalue weighted by Crippen LogP contribution is -2.20. The summed E-state index contributed by atoms with van der Waals surface area (Å²) < 4.78 is 0.848. The van der Waals surface area contributed by atoms with Crippen LogP contribution in [0.4, 0.5) is 11.4 Å². The summed E-state index contributed by atoms with van der Waals surface area (Å²) in [6.07, 6.45) is 1.33. The first-order valence-corrected chi connectivity index (χ1v) is 8.72. The molecule has 132 valence electrons. The van der Waals surface area contributed by atoms with Crippen LogP contribution in [0.15, 0.2) is 53.3 Å². The normalized spacial score (nSPS) is 10.4. The molecule has 2 amide bonds. The van der Waals surface area contributed by atoms with Gasteiger partial charge in [0.25, 0.3) is 11.8 Å². The Morgan fingerprint density at radius 2 is 1.73 bits per heavy atom. The van der Waals surface area contributed by atoms with Crippen LogP contribution >= 0.6 is 15.9 Å².